The molecule has 3 aromatic rings. The molecule has 0 aliphatic heterocycles. The Hall–Kier alpha value is -2.92. The normalized spacial score (nSPS) is 11.0. The first-order valence-electron chi connectivity index (χ1n) is 10.9. The fraction of sp³-hybridized carbons (Fsp3) is 0.308. The highest BCUT2D eigenvalue weighted by Gasteiger charge is 2.08. The van der Waals surface area contributed by atoms with E-state index in [0.717, 1.165) is 23.4 Å². The third-order valence-electron chi connectivity index (χ3n) is 4.81. The number of nitrogens with zero attached hydrogens (tertiary/aromatic N) is 1. The minimum atomic E-state index is -0.394. The Kier molecular flexibility index (Phi) is 9.32. The summed E-state index contributed by atoms with van der Waals surface area (Å²) in [6.07, 6.45) is 9.23. The maximum absolute atomic E-state index is 12.4. The number of rotatable bonds is 12. The summed E-state index contributed by atoms with van der Waals surface area (Å²) in [5.74, 6) is 0.895. The van der Waals surface area contributed by atoms with Gasteiger partial charge in [-0.25, -0.2) is 4.79 Å². The molecule has 0 spiro atoms. The molecule has 0 bridgehead atoms. The Labute approximate surface area is 188 Å². The summed E-state index contributed by atoms with van der Waals surface area (Å²) < 4.78 is 11.2. The summed E-state index contributed by atoms with van der Waals surface area (Å²) >= 11 is 1.63. The molecule has 3 rings (SSSR count). The monoisotopic (exact) mass is 435 g/mol. The van der Waals surface area contributed by atoms with Crippen LogP contribution in [0.25, 0.3) is 0 Å². The van der Waals surface area contributed by atoms with Gasteiger partial charge in [0.25, 0.3) is 0 Å². The number of ether oxygens (including phenoxy) is 2. The third-order valence-corrected chi connectivity index (χ3v) is 5.51. The van der Waals surface area contributed by atoms with E-state index >= 15 is 0 Å². The van der Waals surface area contributed by atoms with Crippen LogP contribution in [0.5, 0.6) is 11.5 Å². The van der Waals surface area contributed by atoms with Gasteiger partial charge < -0.3 is 9.47 Å². The maximum atomic E-state index is 12.4. The van der Waals surface area contributed by atoms with Crippen LogP contribution >= 0.6 is 11.3 Å². The van der Waals surface area contributed by atoms with Gasteiger partial charge >= 0.3 is 5.97 Å². The summed E-state index contributed by atoms with van der Waals surface area (Å²) in [5.41, 5.74) is 2.33. The van der Waals surface area contributed by atoms with Crippen LogP contribution in [0.2, 0.25) is 0 Å². The van der Waals surface area contributed by atoms with Crippen molar-refractivity contribution in [3.8, 4) is 11.5 Å². The standard InChI is InChI=1S/C26H29NO3S/c1-2-3-4-5-6-7-17-29-24-12-14-25(15-13-24)30-26(28)22-8-10-23(11-9-22)27-19-21-16-18-31-20-21/h8-16,18-20H,2-7,17H2,1H3. The molecule has 2 aromatic carbocycles. The molecule has 0 fully saturated rings. The number of benzene rings is 2. The molecule has 5 heteroatoms. The van der Waals surface area contributed by atoms with Crippen molar-refractivity contribution >= 4 is 29.2 Å². The third kappa shape index (κ3) is 8.02. The second-order valence-corrected chi connectivity index (χ2v) is 8.12. The van der Waals surface area contributed by atoms with Gasteiger partial charge in [-0.3, -0.25) is 4.99 Å². The predicted octanol–water partition coefficient (Wildman–Crippen LogP) is 7.46. The lowest BCUT2D eigenvalue weighted by molar-refractivity contribution is 0.0734. The van der Waals surface area contributed by atoms with Crippen LogP contribution in [0.4, 0.5) is 5.69 Å². The van der Waals surface area contributed by atoms with Gasteiger partial charge in [0.05, 0.1) is 17.9 Å². The van der Waals surface area contributed by atoms with E-state index in [4.69, 9.17) is 9.47 Å². The van der Waals surface area contributed by atoms with E-state index < -0.39 is 5.97 Å². The minimum absolute atomic E-state index is 0.394. The van der Waals surface area contributed by atoms with Crippen LogP contribution in [-0.2, 0) is 0 Å². The van der Waals surface area contributed by atoms with Crippen molar-refractivity contribution in [1.82, 2.24) is 0 Å². The zero-order valence-electron chi connectivity index (χ0n) is 18.0. The fourth-order valence-corrected chi connectivity index (χ4v) is 3.63. The molecule has 1 aromatic heterocycles. The number of aliphatic imine (C=N–C) groups is 1. The minimum Gasteiger partial charge on any atom is -0.494 e. The first-order chi connectivity index (χ1) is 15.2. The quantitative estimate of drug-likeness (QED) is 0.128. The molecule has 0 aliphatic carbocycles. The lowest BCUT2D eigenvalue weighted by atomic mass is 10.1. The summed E-state index contributed by atoms with van der Waals surface area (Å²) in [6.45, 7) is 2.94. The molecule has 4 nitrogen and oxygen atoms in total. The van der Waals surface area contributed by atoms with Gasteiger partial charge in [0.1, 0.15) is 11.5 Å². The van der Waals surface area contributed by atoms with E-state index in [9.17, 15) is 4.79 Å². The smallest absolute Gasteiger partial charge is 0.343 e. The highest BCUT2D eigenvalue weighted by molar-refractivity contribution is 7.08. The van der Waals surface area contributed by atoms with E-state index in [1.165, 1.54) is 32.1 Å². The van der Waals surface area contributed by atoms with Crippen molar-refractivity contribution in [2.45, 2.75) is 45.4 Å². The average molecular weight is 436 g/mol. The molecule has 0 saturated heterocycles. The molecule has 0 unspecified atom stereocenters. The fourth-order valence-electron chi connectivity index (χ4n) is 3.02. The Morgan fingerprint density at radius 1 is 0.903 bits per heavy atom. The van der Waals surface area contributed by atoms with E-state index in [0.29, 0.717) is 17.9 Å². The van der Waals surface area contributed by atoms with E-state index in [1.807, 2.05) is 29.0 Å². The molecule has 0 saturated carbocycles. The lowest BCUT2D eigenvalue weighted by Gasteiger charge is -2.08. The van der Waals surface area contributed by atoms with Crippen molar-refractivity contribution in [3.05, 3.63) is 76.5 Å². The number of esters is 1. The van der Waals surface area contributed by atoms with Gasteiger partial charge in [-0.2, -0.15) is 11.3 Å². The lowest BCUT2D eigenvalue weighted by Crippen LogP contribution is -2.08. The second-order valence-electron chi connectivity index (χ2n) is 7.34. The summed E-state index contributed by atoms with van der Waals surface area (Å²) in [5, 5.41) is 4.04. The van der Waals surface area contributed by atoms with E-state index in [2.05, 4.69) is 11.9 Å². The first-order valence-corrected chi connectivity index (χ1v) is 11.8. The van der Waals surface area contributed by atoms with Crippen LogP contribution in [0.3, 0.4) is 0 Å². The number of hydrogen-bond acceptors (Lipinski definition) is 5. The van der Waals surface area contributed by atoms with Gasteiger partial charge in [-0.05, 0) is 71.8 Å². The molecule has 0 radical (unpaired) electrons. The van der Waals surface area contributed by atoms with Gasteiger partial charge in [0, 0.05) is 11.8 Å². The molecule has 162 valence electrons. The summed E-state index contributed by atoms with van der Waals surface area (Å²) in [6, 6.07) is 16.2. The molecule has 0 amide bonds. The highest BCUT2D eigenvalue weighted by Crippen LogP contribution is 2.20. The van der Waals surface area contributed by atoms with Crippen molar-refractivity contribution < 1.29 is 14.3 Å². The largest absolute Gasteiger partial charge is 0.494 e. The number of carbonyl (C=O) groups is 1. The molecule has 1 heterocycles. The SMILES string of the molecule is CCCCCCCCOc1ccc(OC(=O)c2ccc(N=Cc3ccsc3)cc2)cc1. The van der Waals surface area contributed by atoms with Gasteiger partial charge in [0.15, 0.2) is 0 Å². The van der Waals surface area contributed by atoms with E-state index in [1.54, 1.807) is 53.9 Å². The predicted molar refractivity (Wildman–Crippen MR) is 128 cm³/mol. The Morgan fingerprint density at radius 3 is 2.32 bits per heavy atom. The number of unbranched alkanes of at least 4 members (excludes halogenated alkanes) is 5. The van der Waals surface area contributed by atoms with Gasteiger partial charge in [0.2, 0.25) is 0 Å². The molecular weight excluding hydrogens is 406 g/mol. The molecular formula is C26H29NO3S. The van der Waals surface area contributed by atoms with Crippen LogP contribution in [0.1, 0.15) is 61.4 Å². The Bertz CT molecular complexity index is 932. The zero-order valence-corrected chi connectivity index (χ0v) is 18.8. The molecule has 31 heavy (non-hydrogen) atoms. The Balaban J connectivity index is 1.42. The topological polar surface area (TPSA) is 47.9 Å². The van der Waals surface area contributed by atoms with Gasteiger partial charge in [-0.1, -0.05) is 39.0 Å². The average Bonchev–Trinajstić information content (AvgIpc) is 3.32. The van der Waals surface area contributed by atoms with Crippen LogP contribution in [-0.4, -0.2) is 18.8 Å². The zero-order chi connectivity index (χ0) is 21.7. The molecule has 0 aliphatic rings. The van der Waals surface area contributed by atoms with Crippen LogP contribution in [0.15, 0.2) is 70.3 Å². The van der Waals surface area contributed by atoms with Crippen LogP contribution < -0.4 is 9.47 Å². The number of carbonyl (C=O) groups excluding carboxylic acids is 1. The second kappa shape index (κ2) is 12.7. The highest BCUT2D eigenvalue weighted by atomic mass is 32.1. The van der Waals surface area contributed by atoms with Crippen LogP contribution in [0, 0.1) is 0 Å². The van der Waals surface area contributed by atoms with Crippen molar-refractivity contribution in [2.75, 3.05) is 6.61 Å². The number of thiophene rings is 1. The molecule has 0 atom stereocenters. The maximum Gasteiger partial charge on any atom is 0.343 e. The summed E-state index contributed by atoms with van der Waals surface area (Å²) in [7, 11) is 0. The summed E-state index contributed by atoms with van der Waals surface area (Å²) in [4.78, 5) is 16.8. The van der Waals surface area contributed by atoms with Crippen molar-refractivity contribution in [1.29, 1.82) is 0 Å². The first kappa shape index (κ1) is 22.8. The van der Waals surface area contributed by atoms with Crippen molar-refractivity contribution in [2.24, 2.45) is 4.99 Å². The Morgan fingerprint density at radius 2 is 1.61 bits per heavy atom. The van der Waals surface area contributed by atoms with Gasteiger partial charge in [-0.15, -0.1) is 0 Å². The molecule has 0 N–H and O–H groups in total. The number of hydrogen-bond donors (Lipinski definition) is 0. The van der Waals surface area contributed by atoms with Crippen molar-refractivity contribution in [3.63, 3.8) is 0 Å². The van der Waals surface area contributed by atoms with E-state index in [-0.39, 0.29) is 0 Å².